The van der Waals surface area contributed by atoms with Gasteiger partial charge in [-0.2, -0.15) is 4.31 Å². The van der Waals surface area contributed by atoms with Crippen LogP contribution in [0, 0.1) is 29.1 Å². The summed E-state index contributed by atoms with van der Waals surface area (Å²) in [5.41, 5.74) is 3.03. The van der Waals surface area contributed by atoms with E-state index < -0.39 is 62.4 Å². The molecule has 0 spiro atoms. The minimum atomic E-state index is -5.38. The summed E-state index contributed by atoms with van der Waals surface area (Å²) in [7, 11) is -4.60. The molecule has 0 atom stereocenters. The summed E-state index contributed by atoms with van der Waals surface area (Å²) < 4.78 is 102. The van der Waals surface area contributed by atoms with E-state index in [4.69, 9.17) is 4.74 Å². The summed E-state index contributed by atoms with van der Waals surface area (Å²) in [6, 6.07) is 22.4. The number of rotatable bonds is 11. The number of halogens is 5. The SMILES string of the molecule is CN(CC(=O)N(Cc1ccc(C2CCCCC2)cc1)c1ccc(C(=O)OCc2ccccc2)cc1)S(=O)(=O)c1c(F)c(F)c(F)c(F)c1F. The van der Waals surface area contributed by atoms with Gasteiger partial charge in [0.05, 0.1) is 18.7 Å². The fourth-order valence-corrected chi connectivity index (χ4v) is 6.97. The molecule has 0 unspecified atom stereocenters. The van der Waals surface area contributed by atoms with Crippen molar-refractivity contribution in [1.29, 1.82) is 0 Å². The van der Waals surface area contributed by atoms with Crippen molar-refractivity contribution in [2.45, 2.75) is 56.1 Å². The number of esters is 1. The van der Waals surface area contributed by atoms with Crippen molar-refractivity contribution in [3.63, 3.8) is 0 Å². The molecular formula is C36H33F5N2O5S. The molecule has 1 saturated carbocycles. The van der Waals surface area contributed by atoms with Gasteiger partial charge in [-0.1, -0.05) is 73.9 Å². The van der Waals surface area contributed by atoms with Crippen molar-refractivity contribution < 1.29 is 44.7 Å². The average Bonchev–Trinajstić information content (AvgIpc) is 3.12. The van der Waals surface area contributed by atoms with Gasteiger partial charge in [-0.15, -0.1) is 0 Å². The van der Waals surface area contributed by atoms with Crippen molar-refractivity contribution in [1.82, 2.24) is 4.31 Å². The Bertz CT molecular complexity index is 1890. The van der Waals surface area contributed by atoms with Crippen LogP contribution in [-0.2, 0) is 32.7 Å². The lowest BCUT2D eigenvalue weighted by Crippen LogP contribution is -2.41. The standard InChI is InChI=1S/C36H33F5N2O5S/c1-42(49(46,47)35-33(40)31(38)30(37)32(39)34(35)41)21-29(44)43(20-23-12-14-26(15-13-23)25-10-6-3-7-11-25)28-18-16-27(17-19-28)36(45)48-22-24-8-4-2-5-9-24/h2,4-5,8-9,12-19,25H,3,6-7,10-11,20-22H2,1H3. The molecule has 1 fully saturated rings. The lowest BCUT2D eigenvalue weighted by atomic mass is 9.84. The Kier molecular flexibility index (Phi) is 11.1. The van der Waals surface area contributed by atoms with E-state index in [1.165, 1.54) is 35.6 Å². The van der Waals surface area contributed by atoms with Crippen LogP contribution in [0.15, 0.2) is 83.8 Å². The van der Waals surface area contributed by atoms with Gasteiger partial charge in [-0.05, 0) is 59.7 Å². The van der Waals surface area contributed by atoms with Crippen LogP contribution in [0.25, 0.3) is 0 Å². The van der Waals surface area contributed by atoms with Gasteiger partial charge in [0.1, 0.15) is 6.61 Å². The fourth-order valence-electron chi connectivity index (χ4n) is 5.75. The maximum absolute atomic E-state index is 14.5. The second kappa shape index (κ2) is 15.3. The van der Waals surface area contributed by atoms with Crippen molar-refractivity contribution in [3.05, 3.63) is 130 Å². The molecule has 1 amide bonds. The summed E-state index contributed by atoms with van der Waals surface area (Å²) in [6.45, 7) is -1.06. The van der Waals surface area contributed by atoms with Crippen LogP contribution in [0.4, 0.5) is 27.6 Å². The molecule has 0 N–H and O–H groups in total. The first-order valence-electron chi connectivity index (χ1n) is 15.6. The third-order valence-electron chi connectivity index (χ3n) is 8.52. The van der Waals surface area contributed by atoms with Crippen molar-refractivity contribution in [2.75, 3.05) is 18.5 Å². The second-order valence-corrected chi connectivity index (χ2v) is 13.8. The quantitative estimate of drug-likeness (QED) is 0.0696. The average molecular weight is 701 g/mol. The molecule has 0 aliphatic heterocycles. The number of likely N-dealkylation sites (N-methyl/N-ethyl adjacent to an activating group) is 1. The first-order valence-corrected chi connectivity index (χ1v) is 17.0. The molecule has 258 valence electrons. The molecule has 0 radical (unpaired) electrons. The molecule has 4 aromatic rings. The van der Waals surface area contributed by atoms with Gasteiger partial charge in [0.25, 0.3) is 0 Å². The number of carbonyl (C=O) groups is 2. The number of ether oxygens (including phenoxy) is 1. The fraction of sp³-hybridized carbons (Fsp3) is 0.278. The van der Waals surface area contributed by atoms with E-state index in [-0.39, 0.29) is 28.7 Å². The molecule has 49 heavy (non-hydrogen) atoms. The highest BCUT2D eigenvalue weighted by molar-refractivity contribution is 7.89. The number of amides is 1. The van der Waals surface area contributed by atoms with Crippen LogP contribution in [0.2, 0.25) is 0 Å². The van der Waals surface area contributed by atoms with Gasteiger partial charge < -0.3 is 9.64 Å². The largest absolute Gasteiger partial charge is 0.457 e. The molecule has 0 aromatic heterocycles. The monoisotopic (exact) mass is 700 g/mol. The molecule has 13 heteroatoms. The molecule has 7 nitrogen and oxygen atoms in total. The molecule has 1 aliphatic carbocycles. The van der Waals surface area contributed by atoms with E-state index in [0.29, 0.717) is 11.5 Å². The number of nitrogens with zero attached hydrogens (tertiary/aromatic N) is 2. The molecule has 5 rings (SSSR count). The van der Waals surface area contributed by atoms with Crippen molar-refractivity contribution >= 4 is 27.6 Å². The number of sulfonamides is 1. The third kappa shape index (κ3) is 8.00. The Balaban J connectivity index is 1.40. The Morgan fingerprint density at radius 1 is 0.735 bits per heavy atom. The predicted octanol–water partition coefficient (Wildman–Crippen LogP) is 7.64. The van der Waals surface area contributed by atoms with E-state index in [2.05, 4.69) is 0 Å². The minimum Gasteiger partial charge on any atom is -0.457 e. The number of benzene rings is 4. The van der Waals surface area contributed by atoms with Gasteiger partial charge in [-0.25, -0.2) is 35.2 Å². The highest BCUT2D eigenvalue weighted by atomic mass is 32.2. The number of anilines is 1. The summed E-state index contributed by atoms with van der Waals surface area (Å²) in [5, 5.41) is 0. The zero-order valence-corrected chi connectivity index (χ0v) is 27.3. The predicted molar refractivity (Wildman–Crippen MR) is 172 cm³/mol. The lowest BCUT2D eigenvalue weighted by molar-refractivity contribution is -0.118. The van der Waals surface area contributed by atoms with Gasteiger partial charge in [0, 0.05) is 12.7 Å². The Morgan fingerprint density at radius 2 is 1.31 bits per heavy atom. The van der Waals surface area contributed by atoms with E-state index in [1.807, 2.05) is 30.3 Å². The zero-order valence-electron chi connectivity index (χ0n) is 26.5. The van der Waals surface area contributed by atoms with E-state index in [0.717, 1.165) is 43.9 Å². The highest BCUT2D eigenvalue weighted by Gasteiger charge is 2.37. The molecule has 0 heterocycles. The highest BCUT2D eigenvalue weighted by Crippen LogP contribution is 2.33. The van der Waals surface area contributed by atoms with Crippen LogP contribution in [0.3, 0.4) is 0 Å². The Labute approximate surface area is 281 Å². The van der Waals surface area contributed by atoms with Gasteiger partial charge >= 0.3 is 5.97 Å². The van der Waals surface area contributed by atoms with E-state index in [1.54, 1.807) is 24.3 Å². The van der Waals surface area contributed by atoms with Crippen molar-refractivity contribution in [3.8, 4) is 0 Å². The van der Waals surface area contributed by atoms with Gasteiger partial charge in [0.15, 0.2) is 28.2 Å². The maximum Gasteiger partial charge on any atom is 0.338 e. The van der Waals surface area contributed by atoms with E-state index >= 15 is 0 Å². The summed E-state index contributed by atoms with van der Waals surface area (Å²) in [5.74, 6) is -13.5. The van der Waals surface area contributed by atoms with Crippen LogP contribution >= 0.6 is 0 Å². The number of hydrogen-bond acceptors (Lipinski definition) is 5. The molecule has 0 bridgehead atoms. The molecule has 1 aliphatic rings. The second-order valence-electron chi connectivity index (χ2n) is 11.8. The normalized spacial score (nSPS) is 13.8. The Morgan fingerprint density at radius 3 is 1.90 bits per heavy atom. The third-order valence-corrected chi connectivity index (χ3v) is 10.3. The minimum absolute atomic E-state index is 0.0345. The molecule has 4 aromatic carbocycles. The van der Waals surface area contributed by atoms with Crippen molar-refractivity contribution in [2.24, 2.45) is 0 Å². The smallest absolute Gasteiger partial charge is 0.338 e. The first-order chi connectivity index (χ1) is 23.4. The van der Waals surface area contributed by atoms with E-state index in [9.17, 15) is 40.0 Å². The number of hydrogen-bond donors (Lipinski definition) is 0. The topological polar surface area (TPSA) is 84.0 Å². The van der Waals surface area contributed by atoms with Gasteiger partial charge in [-0.3, -0.25) is 4.79 Å². The summed E-state index contributed by atoms with van der Waals surface area (Å²) in [4.78, 5) is 25.5. The van der Waals surface area contributed by atoms with Crippen LogP contribution in [-0.4, -0.2) is 38.2 Å². The van der Waals surface area contributed by atoms with Crippen LogP contribution in [0.1, 0.15) is 65.1 Å². The molecular weight excluding hydrogens is 667 g/mol. The number of carbonyl (C=O) groups excluding carboxylic acids is 2. The lowest BCUT2D eigenvalue weighted by Gasteiger charge is -2.27. The van der Waals surface area contributed by atoms with Crippen LogP contribution < -0.4 is 4.90 Å². The maximum atomic E-state index is 14.5. The van der Waals surface area contributed by atoms with Crippen LogP contribution in [0.5, 0.6) is 0 Å². The summed E-state index contributed by atoms with van der Waals surface area (Å²) >= 11 is 0. The first kappa shape index (κ1) is 35.7. The molecule has 0 saturated heterocycles. The van der Waals surface area contributed by atoms with Gasteiger partial charge in [0.2, 0.25) is 21.7 Å². The zero-order chi connectivity index (χ0) is 35.3. The Hall–Kier alpha value is -4.62. The summed E-state index contributed by atoms with van der Waals surface area (Å²) in [6.07, 6.45) is 5.64.